The first kappa shape index (κ1) is 75.8. The van der Waals surface area contributed by atoms with E-state index in [4.69, 9.17) is 14.2 Å². The number of hydrogen-bond donors (Lipinski definition) is 0. The van der Waals surface area contributed by atoms with Crippen LogP contribution in [0.4, 0.5) is 0 Å². The Kier molecular flexibility index (Phi) is 64.7. The number of unbranched alkanes of at least 4 members (excludes halogenated alkanes) is 40. The minimum atomic E-state index is -0.783. The maximum Gasteiger partial charge on any atom is 0.306 e. The Hall–Kier alpha value is -3.15. The molecule has 0 heterocycles. The van der Waals surface area contributed by atoms with Gasteiger partial charge in [-0.3, -0.25) is 14.4 Å². The molecule has 0 bridgehead atoms. The van der Waals surface area contributed by atoms with Crippen molar-refractivity contribution in [3.8, 4) is 0 Å². The Morgan fingerprint density at radius 1 is 0.253 bits per heavy atom. The van der Waals surface area contributed by atoms with Gasteiger partial charge in [0, 0.05) is 19.3 Å². The van der Waals surface area contributed by atoms with E-state index < -0.39 is 6.10 Å². The van der Waals surface area contributed by atoms with Crippen molar-refractivity contribution in [3.63, 3.8) is 0 Å². The summed E-state index contributed by atoms with van der Waals surface area (Å²) < 4.78 is 16.9. The van der Waals surface area contributed by atoms with Crippen LogP contribution in [0.3, 0.4) is 0 Å². The van der Waals surface area contributed by atoms with Gasteiger partial charge in [0.15, 0.2) is 6.10 Å². The number of esters is 3. The van der Waals surface area contributed by atoms with Gasteiger partial charge in [0.25, 0.3) is 0 Å². The average Bonchev–Trinajstić information content (AvgIpc) is 3.45. The van der Waals surface area contributed by atoms with Gasteiger partial charge in [-0.1, -0.05) is 299 Å². The number of carbonyl (C=O) groups excluding carboxylic acids is 3. The molecule has 0 radical (unpaired) electrons. The first-order valence-electron chi connectivity index (χ1n) is 34.4. The smallest absolute Gasteiger partial charge is 0.306 e. The summed E-state index contributed by atoms with van der Waals surface area (Å²) >= 11 is 0. The second-order valence-electron chi connectivity index (χ2n) is 23.1. The molecule has 0 aliphatic rings. The Morgan fingerprint density at radius 2 is 0.468 bits per heavy atom. The Bertz CT molecular complexity index is 1450. The molecule has 6 nitrogen and oxygen atoms in total. The highest BCUT2D eigenvalue weighted by atomic mass is 16.6. The summed E-state index contributed by atoms with van der Waals surface area (Å²) in [4.78, 5) is 38.3. The molecule has 6 heteroatoms. The number of allylic oxidation sites excluding steroid dienone is 12. The highest BCUT2D eigenvalue weighted by molar-refractivity contribution is 5.71. The van der Waals surface area contributed by atoms with Crippen LogP contribution in [0, 0.1) is 0 Å². The quantitative estimate of drug-likeness (QED) is 0.0261. The van der Waals surface area contributed by atoms with Gasteiger partial charge in [-0.05, 0) is 109 Å². The molecule has 0 N–H and O–H groups in total. The maximum atomic E-state index is 12.9. The van der Waals surface area contributed by atoms with Crippen molar-refractivity contribution < 1.29 is 28.6 Å². The fourth-order valence-electron chi connectivity index (χ4n) is 9.93. The average molecular weight is 1100 g/mol. The molecule has 0 fully saturated rings. The van der Waals surface area contributed by atoms with Gasteiger partial charge in [-0.15, -0.1) is 0 Å². The number of ether oxygens (including phenoxy) is 3. The molecule has 0 saturated carbocycles. The summed E-state index contributed by atoms with van der Waals surface area (Å²) in [5.74, 6) is -0.880. The van der Waals surface area contributed by atoms with E-state index in [1.54, 1.807) is 0 Å². The van der Waals surface area contributed by atoms with Crippen molar-refractivity contribution in [3.05, 3.63) is 72.9 Å². The number of rotatable bonds is 63. The standard InChI is InChI=1S/C73H130O6/c1-4-7-10-13-16-19-22-24-26-28-30-32-34-35-36-37-39-40-42-44-46-48-51-54-57-60-63-66-72(75)78-69-70(68-77-71(74)65-62-59-56-53-50-21-18-15-12-9-6-3)79-73(76)67-64-61-58-55-52-49-47-45-43-41-38-33-31-29-27-25-23-20-17-14-11-8-5-2/h15,18,22-25,28-31,38,41,70H,4-14,16-17,19-21,26-27,32-37,39-40,42-69H2,1-3H3/b18-15-,24-22-,25-23-,30-28-,31-29-,41-38-. The summed E-state index contributed by atoms with van der Waals surface area (Å²) in [6, 6.07) is 0. The molecule has 0 spiro atoms. The molecule has 0 saturated heterocycles. The van der Waals surface area contributed by atoms with Crippen LogP contribution in [0.5, 0.6) is 0 Å². The fourth-order valence-corrected chi connectivity index (χ4v) is 9.93. The van der Waals surface area contributed by atoms with E-state index >= 15 is 0 Å². The lowest BCUT2D eigenvalue weighted by molar-refractivity contribution is -0.167. The zero-order valence-electron chi connectivity index (χ0n) is 52.6. The number of hydrogen-bond acceptors (Lipinski definition) is 6. The molecular weight excluding hydrogens is 973 g/mol. The Morgan fingerprint density at radius 3 is 0.759 bits per heavy atom. The van der Waals surface area contributed by atoms with Crippen molar-refractivity contribution in [1.82, 2.24) is 0 Å². The zero-order chi connectivity index (χ0) is 57.1. The van der Waals surface area contributed by atoms with Crippen LogP contribution in [0.15, 0.2) is 72.9 Å². The third-order valence-corrected chi connectivity index (χ3v) is 15.2. The van der Waals surface area contributed by atoms with Crippen molar-refractivity contribution >= 4 is 17.9 Å². The van der Waals surface area contributed by atoms with E-state index in [1.807, 2.05) is 0 Å². The summed E-state index contributed by atoms with van der Waals surface area (Å²) in [6.45, 7) is 6.61. The normalized spacial score (nSPS) is 12.5. The summed E-state index contributed by atoms with van der Waals surface area (Å²) in [5, 5.41) is 0. The van der Waals surface area contributed by atoms with Crippen LogP contribution in [0.25, 0.3) is 0 Å². The first-order valence-corrected chi connectivity index (χ1v) is 34.4. The molecule has 458 valence electrons. The van der Waals surface area contributed by atoms with E-state index in [1.165, 1.54) is 225 Å². The third kappa shape index (κ3) is 65.5. The van der Waals surface area contributed by atoms with Crippen LogP contribution in [0.2, 0.25) is 0 Å². The molecule has 0 aliphatic carbocycles. The number of carbonyl (C=O) groups is 3. The van der Waals surface area contributed by atoms with Crippen LogP contribution in [0.1, 0.15) is 355 Å². The van der Waals surface area contributed by atoms with Gasteiger partial charge in [0.1, 0.15) is 13.2 Å². The highest BCUT2D eigenvalue weighted by Crippen LogP contribution is 2.17. The van der Waals surface area contributed by atoms with Gasteiger partial charge in [-0.25, -0.2) is 0 Å². The lowest BCUT2D eigenvalue weighted by Gasteiger charge is -2.18. The SMILES string of the molecule is CCCC/C=C\CCCCCCCC(=O)OCC(COC(=O)CCCCCCCCCCCCCCCCC/C=C\C/C=C\CCCCCCC)OC(=O)CCCCCCCCCC/C=C\C/C=C\C/C=C\CCCCCCC. The molecule has 79 heavy (non-hydrogen) atoms. The van der Waals surface area contributed by atoms with Crippen molar-refractivity contribution in [1.29, 1.82) is 0 Å². The lowest BCUT2D eigenvalue weighted by atomic mass is 10.0. The second-order valence-corrected chi connectivity index (χ2v) is 23.1. The van der Waals surface area contributed by atoms with Gasteiger partial charge < -0.3 is 14.2 Å². The van der Waals surface area contributed by atoms with Gasteiger partial charge >= 0.3 is 17.9 Å². The maximum absolute atomic E-state index is 12.9. The molecular formula is C73H130O6. The van der Waals surface area contributed by atoms with Crippen LogP contribution >= 0.6 is 0 Å². The van der Waals surface area contributed by atoms with E-state index in [0.29, 0.717) is 19.3 Å². The molecule has 0 rings (SSSR count). The molecule has 0 aromatic heterocycles. The van der Waals surface area contributed by atoms with Crippen LogP contribution < -0.4 is 0 Å². The predicted octanol–water partition coefficient (Wildman–Crippen LogP) is 23.7. The minimum absolute atomic E-state index is 0.0789. The van der Waals surface area contributed by atoms with Gasteiger partial charge in [-0.2, -0.15) is 0 Å². The lowest BCUT2D eigenvalue weighted by Crippen LogP contribution is -2.30. The van der Waals surface area contributed by atoms with Crippen LogP contribution in [-0.2, 0) is 28.6 Å². The third-order valence-electron chi connectivity index (χ3n) is 15.2. The van der Waals surface area contributed by atoms with E-state index in [0.717, 1.165) is 89.9 Å². The predicted molar refractivity (Wildman–Crippen MR) is 344 cm³/mol. The molecule has 0 aromatic carbocycles. The molecule has 0 aromatic rings. The van der Waals surface area contributed by atoms with E-state index in [-0.39, 0.29) is 31.1 Å². The summed E-state index contributed by atoms with van der Waals surface area (Å²) in [7, 11) is 0. The van der Waals surface area contributed by atoms with Crippen LogP contribution in [-0.4, -0.2) is 37.2 Å². The van der Waals surface area contributed by atoms with Gasteiger partial charge in [0.05, 0.1) is 0 Å². The topological polar surface area (TPSA) is 78.9 Å². The van der Waals surface area contributed by atoms with Gasteiger partial charge in [0.2, 0.25) is 0 Å². The zero-order valence-corrected chi connectivity index (χ0v) is 52.6. The van der Waals surface area contributed by atoms with E-state index in [2.05, 4.69) is 93.7 Å². The van der Waals surface area contributed by atoms with Crippen molar-refractivity contribution in [2.45, 2.75) is 361 Å². The molecule has 0 aliphatic heterocycles. The fraction of sp³-hybridized carbons (Fsp3) is 0.795. The Balaban J connectivity index is 4.23. The van der Waals surface area contributed by atoms with Crippen molar-refractivity contribution in [2.75, 3.05) is 13.2 Å². The molecule has 1 unspecified atom stereocenters. The largest absolute Gasteiger partial charge is 0.462 e. The monoisotopic (exact) mass is 1100 g/mol. The van der Waals surface area contributed by atoms with E-state index in [9.17, 15) is 14.4 Å². The Labute approximate surface area is 491 Å². The molecule has 1 atom stereocenters. The summed E-state index contributed by atoms with van der Waals surface area (Å²) in [5.41, 5.74) is 0. The molecule has 0 amide bonds. The summed E-state index contributed by atoms with van der Waals surface area (Å²) in [6.07, 6.45) is 87.8. The first-order chi connectivity index (χ1) is 39.0. The van der Waals surface area contributed by atoms with Crippen molar-refractivity contribution in [2.24, 2.45) is 0 Å². The highest BCUT2D eigenvalue weighted by Gasteiger charge is 2.19. The minimum Gasteiger partial charge on any atom is -0.462 e. The second kappa shape index (κ2) is 67.4.